The number of fused-ring (bicyclic) bond motifs is 1. The second kappa shape index (κ2) is 5.54. The van der Waals surface area contributed by atoms with Crippen LogP contribution in [0.3, 0.4) is 0 Å². The molecule has 0 unspecified atom stereocenters. The molecular weight excluding hydrogens is 365 g/mol. The first-order chi connectivity index (χ1) is 9.74. The Bertz CT molecular complexity index is 789. The molecule has 0 radical (unpaired) electrons. The predicted molar refractivity (Wildman–Crippen MR) is 86.7 cm³/mol. The zero-order valence-corrected chi connectivity index (χ0v) is 12.5. The van der Waals surface area contributed by atoms with Gasteiger partial charge in [-0.05, 0) is 46.9 Å². The molecule has 3 rings (SSSR count). The van der Waals surface area contributed by atoms with Gasteiger partial charge in [0.25, 0.3) is 5.91 Å². The highest BCUT2D eigenvalue weighted by Gasteiger charge is 2.10. The zero-order chi connectivity index (χ0) is 13.9. The number of anilines is 1. The molecule has 1 N–H and O–H groups in total. The third kappa shape index (κ3) is 2.62. The first kappa shape index (κ1) is 13.0. The number of nitrogens with zero attached hydrogens (tertiary/aromatic N) is 2. The highest BCUT2D eigenvalue weighted by atomic mass is 127. The summed E-state index contributed by atoms with van der Waals surface area (Å²) in [5, 5.41) is 2.84. The number of aromatic nitrogens is 2. The number of benzene rings is 2. The number of halogens is 1. The van der Waals surface area contributed by atoms with Gasteiger partial charge >= 0.3 is 0 Å². The second-order valence-corrected chi connectivity index (χ2v) is 5.34. The van der Waals surface area contributed by atoms with Gasteiger partial charge in [0.05, 0.1) is 22.9 Å². The Hall–Kier alpha value is -2.02. The first-order valence-corrected chi connectivity index (χ1v) is 7.09. The normalized spacial score (nSPS) is 10.4. The summed E-state index contributed by atoms with van der Waals surface area (Å²) in [5.41, 5.74) is 2.57. The van der Waals surface area contributed by atoms with Crippen molar-refractivity contribution >= 4 is 45.2 Å². The summed E-state index contributed by atoms with van der Waals surface area (Å²) in [4.78, 5) is 20.8. The fourth-order valence-electron chi connectivity index (χ4n) is 1.82. The molecule has 0 saturated heterocycles. The van der Waals surface area contributed by atoms with Crippen molar-refractivity contribution in [3.63, 3.8) is 0 Å². The van der Waals surface area contributed by atoms with Crippen LogP contribution in [-0.2, 0) is 0 Å². The van der Waals surface area contributed by atoms with Crippen molar-refractivity contribution in [3.8, 4) is 0 Å². The lowest BCUT2D eigenvalue weighted by Gasteiger charge is -2.06. The summed E-state index contributed by atoms with van der Waals surface area (Å²) in [6.45, 7) is 0. The topological polar surface area (TPSA) is 54.9 Å². The van der Waals surface area contributed by atoms with Gasteiger partial charge < -0.3 is 5.32 Å². The molecule has 0 aliphatic heterocycles. The summed E-state index contributed by atoms with van der Waals surface area (Å²) < 4.78 is 0.979. The summed E-state index contributed by atoms with van der Waals surface area (Å²) in [6, 6.07) is 15.1. The maximum atomic E-state index is 12.2. The van der Waals surface area contributed by atoms with E-state index in [9.17, 15) is 4.79 Å². The number of hydrogen-bond acceptors (Lipinski definition) is 3. The van der Waals surface area contributed by atoms with Crippen molar-refractivity contribution in [1.29, 1.82) is 0 Å². The van der Waals surface area contributed by atoms with Gasteiger partial charge in [-0.1, -0.05) is 24.3 Å². The molecule has 0 aliphatic rings. The van der Waals surface area contributed by atoms with E-state index in [1.807, 2.05) is 48.5 Å². The van der Waals surface area contributed by atoms with E-state index in [0.29, 0.717) is 11.2 Å². The van der Waals surface area contributed by atoms with Crippen LogP contribution in [0.2, 0.25) is 0 Å². The predicted octanol–water partition coefficient (Wildman–Crippen LogP) is 3.49. The van der Waals surface area contributed by atoms with E-state index in [2.05, 4.69) is 37.9 Å². The van der Waals surface area contributed by atoms with Gasteiger partial charge in [0, 0.05) is 3.57 Å². The van der Waals surface area contributed by atoms with E-state index in [0.717, 1.165) is 14.8 Å². The Labute approximate surface area is 129 Å². The number of hydrogen-bond donors (Lipinski definition) is 1. The SMILES string of the molecule is O=C(Nc1ccccc1I)c1cnc2ccccc2n1. The van der Waals surface area contributed by atoms with Crippen LogP contribution >= 0.6 is 22.6 Å². The van der Waals surface area contributed by atoms with Crippen molar-refractivity contribution < 1.29 is 4.79 Å². The molecule has 1 aromatic heterocycles. The van der Waals surface area contributed by atoms with Crippen LogP contribution < -0.4 is 5.32 Å². The lowest BCUT2D eigenvalue weighted by molar-refractivity contribution is 0.102. The number of amides is 1. The van der Waals surface area contributed by atoms with Crippen molar-refractivity contribution in [3.05, 3.63) is 64.0 Å². The number of carbonyl (C=O) groups is 1. The van der Waals surface area contributed by atoms with E-state index in [1.165, 1.54) is 6.20 Å². The summed E-state index contributed by atoms with van der Waals surface area (Å²) in [7, 11) is 0. The minimum atomic E-state index is -0.257. The molecule has 20 heavy (non-hydrogen) atoms. The minimum Gasteiger partial charge on any atom is -0.320 e. The second-order valence-electron chi connectivity index (χ2n) is 4.18. The quantitative estimate of drug-likeness (QED) is 0.698. The maximum absolute atomic E-state index is 12.2. The van der Waals surface area contributed by atoms with Gasteiger partial charge in [-0.25, -0.2) is 4.98 Å². The van der Waals surface area contributed by atoms with Crippen molar-refractivity contribution in [2.75, 3.05) is 5.32 Å². The Kier molecular flexibility index (Phi) is 3.60. The molecule has 0 bridgehead atoms. The summed E-state index contributed by atoms with van der Waals surface area (Å²) in [5.74, 6) is -0.257. The Morgan fingerprint density at radius 1 is 1.00 bits per heavy atom. The third-order valence-corrected chi connectivity index (χ3v) is 3.74. The third-order valence-electron chi connectivity index (χ3n) is 2.80. The lowest BCUT2D eigenvalue weighted by atomic mass is 10.3. The van der Waals surface area contributed by atoms with Crippen molar-refractivity contribution in [2.24, 2.45) is 0 Å². The standard InChI is InChI=1S/C15H10IN3O/c16-10-5-1-2-6-11(10)19-15(20)14-9-17-12-7-3-4-8-13(12)18-14/h1-9H,(H,19,20). The number of rotatable bonds is 2. The van der Waals surface area contributed by atoms with Crippen molar-refractivity contribution in [1.82, 2.24) is 9.97 Å². The van der Waals surface area contributed by atoms with Gasteiger partial charge in [-0.3, -0.25) is 9.78 Å². The molecule has 0 fully saturated rings. The molecular formula is C15H10IN3O. The highest BCUT2D eigenvalue weighted by Crippen LogP contribution is 2.18. The van der Waals surface area contributed by atoms with Crippen LogP contribution in [0.1, 0.15) is 10.5 Å². The van der Waals surface area contributed by atoms with Gasteiger partial charge in [-0.15, -0.1) is 0 Å². The molecule has 1 amide bonds. The summed E-state index contributed by atoms with van der Waals surface area (Å²) in [6.07, 6.45) is 1.49. The molecule has 5 heteroatoms. The molecule has 1 heterocycles. The van der Waals surface area contributed by atoms with Crippen LogP contribution in [0.4, 0.5) is 5.69 Å². The van der Waals surface area contributed by atoms with E-state index < -0.39 is 0 Å². The van der Waals surface area contributed by atoms with Gasteiger partial charge in [-0.2, -0.15) is 0 Å². The van der Waals surface area contributed by atoms with Crippen molar-refractivity contribution in [2.45, 2.75) is 0 Å². The van der Waals surface area contributed by atoms with Crippen LogP contribution in [-0.4, -0.2) is 15.9 Å². The first-order valence-electron chi connectivity index (χ1n) is 6.02. The highest BCUT2D eigenvalue weighted by molar-refractivity contribution is 14.1. The fraction of sp³-hybridized carbons (Fsp3) is 0. The van der Waals surface area contributed by atoms with Crippen LogP contribution in [0.15, 0.2) is 54.7 Å². The van der Waals surface area contributed by atoms with E-state index in [1.54, 1.807) is 0 Å². The molecule has 0 spiro atoms. The fourth-order valence-corrected chi connectivity index (χ4v) is 2.34. The Morgan fingerprint density at radius 2 is 1.70 bits per heavy atom. The average molecular weight is 375 g/mol. The van der Waals surface area contributed by atoms with Gasteiger partial charge in [0.1, 0.15) is 5.69 Å². The van der Waals surface area contributed by atoms with Gasteiger partial charge in [0.2, 0.25) is 0 Å². The molecule has 4 nitrogen and oxygen atoms in total. The number of para-hydroxylation sites is 3. The number of carbonyl (C=O) groups excluding carboxylic acids is 1. The molecule has 98 valence electrons. The van der Waals surface area contributed by atoms with Crippen LogP contribution in [0.25, 0.3) is 11.0 Å². The lowest BCUT2D eigenvalue weighted by Crippen LogP contribution is -2.14. The van der Waals surface area contributed by atoms with Crippen LogP contribution in [0.5, 0.6) is 0 Å². The minimum absolute atomic E-state index is 0.257. The molecule has 0 aliphatic carbocycles. The Morgan fingerprint density at radius 3 is 2.50 bits per heavy atom. The zero-order valence-electron chi connectivity index (χ0n) is 10.4. The largest absolute Gasteiger partial charge is 0.320 e. The van der Waals surface area contributed by atoms with E-state index in [-0.39, 0.29) is 5.91 Å². The van der Waals surface area contributed by atoms with E-state index in [4.69, 9.17) is 0 Å². The Balaban J connectivity index is 1.91. The molecule has 3 aromatic rings. The average Bonchev–Trinajstić information content (AvgIpc) is 2.49. The van der Waals surface area contributed by atoms with Crippen LogP contribution in [0, 0.1) is 3.57 Å². The molecule has 2 aromatic carbocycles. The molecule has 0 saturated carbocycles. The maximum Gasteiger partial charge on any atom is 0.275 e. The number of nitrogens with one attached hydrogen (secondary N) is 1. The summed E-state index contributed by atoms with van der Waals surface area (Å²) >= 11 is 2.18. The van der Waals surface area contributed by atoms with Gasteiger partial charge in [0.15, 0.2) is 0 Å². The smallest absolute Gasteiger partial charge is 0.275 e. The monoisotopic (exact) mass is 375 g/mol. The molecule has 0 atom stereocenters. The van der Waals surface area contributed by atoms with E-state index >= 15 is 0 Å².